The first-order valence-electron chi connectivity index (χ1n) is 10.7. The lowest BCUT2D eigenvalue weighted by Crippen LogP contribution is -2.45. The molecule has 1 amide bonds. The topological polar surface area (TPSA) is 78.5 Å². The van der Waals surface area contributed by atoms with Crippen LogP contribution < -0.4 is 14.9 Å². The quantitative estimate of drug-likeness (QED) is 0.649. The average Bonchev–Trinajstić information content (AvgIpc) is 2.74. The van der Waals surface area contributed by atoms with Gasteiger partial charge < -0.3 is 10.2 Å². The van der Waals surface area contributed by atoms with E-state index in [4.69, 9.17) is 0 Å². The van der Waals surface area contributed by atoms with Crippen LogP contribution in [0.25, 0.3) is 0 Å². The van der Waals surface area contributed by atoms with E-state index in [0.717, 1.165) is 24.2 Å². The van der Waals surface area contributed by atoms with Gasteiger partial charge in [-0.2, -0.15) is 0 Å². The van der Waals surface area contributed by atoms with Crippen molar-refractivity contribution in [2.45, 2.75) is 44.0 Å². The number of hydrogen-bond donors (Lipinski definition) is 2. The van der Waals surface area contributed by atoms with Crippen LogP contribution in [0.15, 0.2) is 53.4 Å². The normalized spacial score (nSPS) is 15.3. The molecule has 8 heteroatoms. The van der Waals surface area contributed by atoms with Crippen molar-refractivity contribution in [2.75, 3.05) is 24.5 Å². The smallest absolute Gasteiger partial charge is 0.253 e. The number of para-hydroxylation sites is 1. The van der Waals surface area contributed by atoms with Gasteiger partial charge in [0, 0.05) is 31.4 Å². The number of halogens is 1. The number of benzene rings is 2. The average molecular weight is 448 g/mol. The molecule has 6 nitrogen and oxygen atoms in total. The SMILES string of the molecule is CC(C)CCNC(=O)c1ccccc1N1CCC(NS(=O)(=O)c2ccc(F)cc2)CC1. The number of anilines is 1. The number of amides is 1. The standard InChI is InChI=1S/C23H30FN3O3S/c1-17(2)11-14-25-23(28)21-5-3-4-6-22(21)27-15-12-19(13-16-27)26-31(29,30)20-9-7-18(24)8-10-20/h3-10,17,19,26H,11-16H2,1-2H3,(H,25,28). The van der Waals surface area contributed by atoms with Gasteiger partial charge in [0.25, 0.3) is 5.91 Å². The molecule has 31 heavy (non-hydrogen) atoms. The molecule has 2 aromatic carbocycles. The number of rotatable bonds is 8. The summed E-state index contributed by atoms with van der Waals surface area (Å²) in [5.74, 6) is -0.0391. The van der Waals surface area contributed by atoms with E-state index in [1.54, 1.807) is 0 Å². The maximum atomic E-state index is 13.1. The molecule has 168 valence electrons. The van der Waals surface area contributed by atoms with Gasteiger partial charge in [-0.05, 0) is 61.6 Å². The molecule has 0 aromatic heterocycles. The van der Waals surface area contributed by atoms with E-state index in [2.05, 4.69) is 28.8 Å². The summed E-state index contributed by atoms with van der Waals surface area (Å²) >= 11 is 0. The summed E-state index contributed by atoms with van der Waals surface area (Å²) in [7, 11) is -3.70. The molecule has 1 aliphatic heterocycles. The van der Waals surface area contributed by atoms with Gasteiger partial charge in [-0.25, -0.2) is 17.5 Å². The fourth-order valence-electron chi connectivity index (χ4n) is 3.65. The van der Waals surface area contributed by atoms with E-state index < -0.39 is 15.8 Å². The fraction of sp³-hybridized carbons (Fsp3) is 0.435. The number of nitrogens with one attached hydrogen (secondary N) is 2. The molecule has 0 saturated carbocycles. The molecule has 1 heterocycles. The number of hydrogen-bond acceptors (Lipinski definition) is 4. The third kappa shape index (κ3) is 6.27. The van der Waals surface area contributed by atoms with Crippen LogP contribution in [0, 0.1) is 11.7 Å². The molecular weight excluding hydrogens is 417 g/mol. The molecule has 1 aliphatic rings. The number of carbonyl (C=O) groups excluding carboxylic acids is 1. The second-order valence-electron chi connectivity index (χ2n) is 8.29. The van der Waals surface area contributed by atoms with Gasteiger partial charge in [0.05, 0.1) is 10.5 Å². The molecule has 0 bridgehead atoms. The minimum absolute atomic E-state index is 0.0553. The Bertz CT molecular complexity index is 985. The van der Waals surface area contributed by atoms with Crippen LogP contribution in [-0.4, -0.2) is 40.0 Å². The zero-order valence-electron chi connectivity index (χ0n) is 18.0. The van der Waals surface area contributed by atoms with Crippen LogP contribution in [0.3, 0.4) is 0 Å². The van der Waals surface area contributed by atoms with Crippen molar-refractivity contribution in [2.24, 2.45) is 5.92 Å². The Labute approximate surface area is 183 Å². The highest BCUT2D eigenvalue weighted by Gasteiger charge is 2.26. The molecule has 0 aliphatic carbocycles. The van der Waals surface area contributed by atoms with Crippen molar-refractivity contribution in [3.05, 3.63) is 59.9 Å². The van der Waals surface area contributed by atoms with Crippen LogP contribution in [0.5, 0.6) is 0 Å². The van der Waals surface area contributed by atoms with Crippen molar-refractivity contribution < 1.29 is 17.6 Å². The Morgan fingerprint density at radius 2 is 1.74 bits per heavy atom. The zero-order valence-corrected chi connectivity index (χ0v) is 18.8. The summed E-state index contributed by atoms with van der Waals surface area (Å²) in [6.45, 7) is 6.14. The first-order valence-corrected chi connectivity index (χ1v) is 12.1. The first kappa shape index (κ1) is 23.2. The molecule has 0 atom stereocenters. The van der Waals surface area contributed by atoms with Gasteiger partial charge >= 0.3 is 0 Å². The minimum atomic E-state index is -3.70. The highest BCUT2D eigenvalue weighted by molar-refractivity contribution is 7.89. The van der Waals surface area contributed by atoms with E-state index in [1.807, 2.05) is 24.3 Å². The second-order valence-corrected chi connectivity index (χ2v) is 10.0. The van der Waals surface area contributed by atoms with Crippen LogP contribution in [0.2, 0.25) is 0 Å². The summed E-state index contributed by atoms with van der Waals surface area (Å²) in [6.07, 6.45) is 2.15. The third-order valence-corrected chi connectivity index (χ3v) is 6.97. The van der Waals surface area contributed by atoms with Crippen LogP contribution in [-0.2, 0) is 10.0 Å². The predicted octanol–water partition coefficient (Wildman–Crippen LogP) is 3.55. The summed E-state index contributed by atoms with van der Waals surface area (Å²) in [6, 6.07) is 12.1. The van der Waals surface area contributed by atoms with E-state index >= 15 is 0 Å². The zero-order chi connectivity index (χ0) is 22.4. The van der Waals surface area contributed by atoms with Crippen molar-refractivity contribution in [1.82, 2.24) is 10.0 Å². The Morgan fingerprint density at radius 3 is 2.39 bits per heavy atom. The summed E-state index contributed by atoms with van der Waals surface area (Å²) in [5, 5.41) is 2.99. The van der Waals surface area contributed by atoms with Crippen LogP contribution >= 0.6 is 0 Å². The summed E-state index contributed by atoms with van der Waals surface area (Å²) < 4.78 is 40.9. The second kappa shape index (κ2) is 10.2. The van der Waals surface area contributed by atoms with Crippen LogP contribution in [0.1, 0.15) is 43.5 Å². The van der Waals surface area contributed by atoms with Crippen molar-refractivity contribution in [3.63, 3.8) is 0 Å². The lowest BCUT2D eigenvalue weighted by molar-refractivity contribution is 0.0952. The molecule has 1 saturated heterocycles. The van der Waals surface area contributed by atoms with Crippen molar-refractivity contribution in [1.29, 1.82) is 0 Å². The van der Waals surface area contributed by atoms with E-state index in [9.17, 15) is 17.6 Å². The molecule has 0 radical (unpaired) electrons. The number of carbonyl (C=O) groups is 1. The lowest BCUT2D eigenvalue weighted by atomic mass is 10.0. The fourth-order valence-corrected chi connectivity index (χ4v) is 4.96. The van der Waals surface area contributed by atoms with Gasteiger partial charge in [-0.15, -0.1) is 0 Å². The van der Waals surface area contributed by atoms with Gasteiger partial charge in [0.15, 0.2) is 0 Å². The highest BCUT2D eigenvalue weighted by atomic mass is 32.2. The first-order chi connectivity index (χ1) is 14.8. The van der Waals surface area contributed by atoms with Gasteiger partial charge in [-0.3, -0.25) is 4.79 Å². The predicted molar refractivity (Wildman–Crippen MR) is 120 cm³/mol. The van der Waals surface area contributed by atoms with Gasteiger partial charge in [-0.1, -0.05) is 26.0 Å². The molecule has 2 aromatic rings. The molecular formula is C23H30FN3O3S. The Morgan fingerprint density at radius 1 is 1.10 bits per heavy atom. The van der Waals surface area contributed by atoms with Gasteiger partial charge in [0.1, 0.15) is 5.82 Å². The summed E-state index contributed by atoms with van der Waals surface area (Å²) in [4.78, 5) is 14.8. The van der Waals surface area contributed by atoms with Crippen molar-refractivity contribution in [3.8, 4) is 0 Å². The van der Waals surface area contributed by atoms with Crippen LogP contribution in [0.4, 0.5) is 10.1 Å². The summed E-state index contributed by atoms with van der Waals surface area (Å²) in [5.41, 5.74) is 1.50. The number of sulfonamides is 1. The van der Waals surface area contributed by atoms with Gasteiger partial charge in [0.2, 0.25) is 10.0 Å². The maximum absolute atomic E-state index is 13.1. The third-order valence-electron chi connectivity index (χ3n) is 5.44. The minimum Gasteiger partial charge on any atom is -0.371 e. The largest absolute Gasteiger partial charge is 0.371 e. The molecule has 0 unspecified atom stereocenters. The molecule has 3 rings (SSSR count). The Hall–Kier alpha value is -2.45. The molecule has 0 spiro atoms. The monoisotopic (exact) mass is 447 g/mol. The van der Waals surface area contributed by atoms with E-state index in [0.29, 0.717) is 44.0 Å². The van der Waals surface area contributed by atoms with Crippen molar-refractivity contribution >= 4 is 21.6 Å². The van der Waals surface area contributed by atoms with E-state index in [-0.39, 0.29) is 16.8 Å². The number of piperidine rings is 1. The van der Waals surface area contributed by atoms with E-state index in [1.165, 1.54) is 12.1 Å². The highest BCUT2D eigenvalue weighted by Crippen LogP contribution is 2.25. The number of nitrogens with zero attached hydrogens (tertiary/aromatic N) is 1. The Kier molecular flexibility index (Phi) is 7.67. The molecule has 2 N–H and O–H groups in total. The maximum Gasteiger partial charge on any atom is 0.253 e. The lowest BCUT2D eigenvalue weighted by Gasteiger charge is -2.34. The Balaban J connectivity index is 1.61. The molecule has 1 fully saturated rings.